The van der Waals surface area contributed by atoms with Crippen molar-refractivity contribution in [2.45, 2.75) is 11.8 Å². The second-order valence-corrected chi connectivity index (χ2v) is 2.84. The van der Waals surface area contributed by atoms with E-state index in [1.54, 1.807) is 0 Å². The van der Waals surface area contributed by atoms with Gasteiger partial charge in [0.05, 0.1) is 12.0 Å². The lowest BCUT2D eigenvalue weighted by Gasteiger charge is -2.04. The molecule has 0 aliphatic rings. The van der Waals surface area contributed by atoms with Gasteiger partial charge in [-0.3, -0.25) is 0 Å². The molecule has 64 valence electrons. The van der Waals surface area contributed by atoms with Gasteiger partial charge in [0.1, 0.15) is 0 Å². The second kappa shape index (κ2) is 6.50. The Morgan fingerprint density at radius 3 is 2.82 bits per heavy atom. The summed E-state index contributed by atoms with van der Waals surface area (Å²) in [7, 11) is 0. The van der Waals surface area contributed by atoms with Crippen LogP contribution in [-0.4, -0.2) is 23.8 Å². The maximum absolute atomic E-state index is 10.5. The third-order valence-electron chi connectivity index (χ3n) is 1.01. The van der Waals surface area contributed by atoms with E-state index in [4.69, 9.17) is 23.2 Å². The van der Waals surface area contributed by atoms with Crippen LogP contribution in [0.5, 0.6) is 0 Å². The van der Waals surface area contributed by atoms with Gasteiger partial charge in [-0.2, -0.15) is 0 Å². The SMILES string of the molecule is C=CC(=O)OCCC(Cl)CCl. The lowest BCUT2D eigenvalue weighted by atomic mass is 10.3. The first kappa shape index (κ1) is 10.8. The van der Waals surface area contributed by atoms with Gasteiger partial charge in [-0.05, 0) is 6.42 Å². The molecule has 0 saturated heterocycles. The minimum absolute atomic E-state index is 0.130. The molecule has 0 rings (SSSR count). The van der Waals surface area contributed by atoms with Crippen molar-refractivity contribution >= 4 is 29.2 Å². The predicted molar refractivity (Wildman–Crippen MR) is 46.1 cm³/mol. The smallest absolute Gasteiger partial charge is 0.330 e. The fraction of sp³-hybridized carbons (Fsp3) is 0.571. The number of ether oxygens (including phenoxy) is 1. The van der Waals surface area contributed by atoms with E-state index in [0.29, 0.717) is 18.9 Å². The van der Waals surface area contributed by atoms with E-state index in [-0.39, 0.29) is 5.38 Å². The standard InChI is InChI=1S/C7H10Cl2O2/c1-2-7(10)11-4-3-6(9)5-8/h2,6H,1,3-5H2. The van der Waals surface area contributed by atoms with Crippen molar-refractivity contribution < 1.29 is 9.53 Å². The van der Waals surface area contributed by atoms with Gasteiger partial charge in [0.2, 0.25) is 0 Å². The van der Waals surface area contributed by atoms with Crippen LogP contribution < -0.4 is 0 Å². The first-order chi connectivity index (χ1) is 5.20. The highest BCUT2D eigenvalue weighted by Gasteiger charge is 2.03. The van der Waals surface area contributed by atoms with E-state index in [1.807, 2.05) is 0 Å². The third kappa shape index (κ3) is 6.20. The molecule has 0 fully saturated rings. The summed E-state index contributed by atoms with van der Waals surface area (Å²) in [6.07, 6.45) is 1.69. The number of rotatable bonds is 5. The fourth-order valence-corrected chi connectivity index (χ4v) is 0.667. The van der Waals surface area contributed by atoms with Crippen molar-refractivity contribution in [3.05, 3.63) is 12.7 Å². The molecule has 2 nitrogen and oxygen atoms in total. The normalized spacial score (nSPS) is 12.2. The lowest BCUT2D eigenvalue weighted by molar-refractivity contribution is -0.137. The quantitative estimate of drug-likeness (QED) is 0.382. The zero-order chi connectivity index (χ0) is 8.69. The number of hydrogen-bond acceptors (Lipinski definition) is 2. The molecule has 0 spiro atoms. The Balaban J connectivity index is 3.26. The molecule has 0 aliphatic heterocycles. The molecule has 0 N–H and O–H groups in total. The Morgan fingerprint density at radius 1 is 1.73 bits per heavy atom. The van der Waals surface area contributed by atoms with Crippen molar-refractivity contribution in [1.82, 2.24) is 0 Å². The number of alkyl halides is 2. The molecule has 0 aromatic carbocycles. The van der Waals surface area contributed by atoms with Crippen LogP contribution in [0.15, 0.2) is 12.7 Å². The third-order valence-corrected chi connectivity index (χ3v) is 1.91. The molecular formula is C7H10Cl2O2. The maximum Gasteiger partial charge on any atom is 0.330 e. The van der Waals surface area contributed by atoms with Crippen LogP contribution in [0.2, 0.25) is 0 Å². The molecule has 0 saturated carbocycles. The van der Waals surface area contributed by atoms with Crippen molar-refractivity contribution in [3.8, 4) is 0 Å². The number of halogens is 2. The highest BCUT2D eigenvalue weighted by molar-refractivity contribution is 6.28. The van der Waals surface area contributed by atoms with Crippen molar-refractivity contribution in [2.75, 3.05) is 12.5 Å². The summed E-state index contributed by atoms with van der Waals surface area (Å²) >= 11 is 11.1. The molecule has 0 aliphatic carbocycles. The van der Waals surface area contributed by atoms with E-state index >= 15 is 0 Å². The number of esters is 1. The Kier molecular flexibility index (Phi) is 6.37. The zero-order valence-corrected chi connectivity index (χ0v) is 7.57. The topological polar surface area (TPSA) is 26.3 Å². The summed E-state index contributed by atoms with van der Waals surface area (Å²) in [6, 6.07) is 0. The summed E-state index contributed by atoms with van der Waals surface area (Å²) in [6.45, 7) is 3.54. The Bertz CT molecular complexity index is 136. The van der Waals surface area contributed by atoms with Crippen LogP contribution in [0.25, 0.3) is 0 Å². The Hall–Kier alpha value is -0.210. The first-order valence-corrected chi connectivity index (χ1v) is 4.17. The highest BCUT2D eigenvalue weighted by atomic mass is 35.5. The average Bonchev–Trinajstić information content (AvgIpc) is 2.04. The van der Waals surface area contributed by atoms with Gasteiger partial charge >= 0.3 is 5.97 Å². The predicted octanol–water partition coefficient (Wildman–Crippen LogP) is 1.95. The van der Waals surface area contributed by atoms with E-state index in [1.165, 1.54) is 0 Å². The van der Waals surface area contributed by atoms with Crippen LogP contribution >= 0.6 is 23.2 Å². The Morgan fingerprint density at radius 2 is 2.36 bits per heavy atom. The number of carbonyl (C=O) groups is 1. The minimum atomic E-state index is -0.427. The molecule has 0 bridgehead atoms. The number of carbonyl (C=O) groups excluding carboxylic acids is 1. The summed E-state index contributed by atoms with van der Waals surface area (Å²) in [5.74, 6) is -0.0591. The van der Waals surface area contributed by atoms with Crippen molar-refractivity contribution in [3.63, 3.8) is 0 Å². The van der Waals surface area contributed by atoms with E-state index in [2.05, 4.69) is 11.3 Å². The van der Waals surface area contributed by atoms with E-state index in [0.717, 1.165) is 6.08 Å². The van der Waals surface area contributed by atoms with Gasteiger partial charge in [-0.1, -0.05) is 6.58 Å². The number of hydrogen-bond donors (Lipinski definition) is 0. The molecule has 1 unspecified atom stereocenters. The van der Waals surface area contributed by atoms with Crippen LogP contribution in [0.3, 0.4) is 0 Å². The summed E-state index contributed by atoms with van der Waals surface area (Å²) < 4.78 is 4.66. The monoisotopic (exact) mass is 196 g/mol. The summed E-state index contributed by atoms with van der Waals surface area (Å²) in [5.41, 5.74) is 0. The highest BCUT2D eigenvalue weighted by Crippen LogP contribution is 2.03. The minimum Gasteiger partial charge on any atom is -0.462 e. The molecule has 0 aromatic heterocycles. The van der Waals surface area contributed by atoms with Crippen LogP contribution in [-0.2, 0) is 9.53 Å². The van der Waals surface area contributed by atoms with Crippen molar-refractivity contribution in [2.24, 2.45) is 0 Å². The van der Waals surface area contributed by atoms with Gasteiger partial charge in [0.15, 0.2) is 0 Å². The largest absolute Gasteiger partial charge is 0.462 e. The molecular weight excluding hydrogens is 187 g/mol. The van der Waals surface area contributed by atoms with Crippen molar-refractivity contribution in [1.29, 1.82) is 0 Å². The molecule has 0 radical (unpaired) electrons. The van der Waals surface area contributed by atoms with Gasteiger partial charge in [0, 0.05) is 12.0 Å². The molecule has 11 heavy (non-hydrogen) atoms. The molecule has 4 heteroatoms. The lowest BCUT2D eigenvalue weighted by Crippen LogP contribution is -2.08. The maximum atomic E-state index is 10.5. The van der Waals surface area contributed by atoms with Crippen LogP contribution in [0.4, 0.5) is 0 Å². The molecule has 0 heterocycles. The summed E-state index contributed by atoms with van der Waals surface area (Å²) in [4.78, 5) is 10.5. The second-order valence-electron chi connectivity index (χ2n) is 1.91. The van der Waals surface area contributed by atoms with E-state index in [9.17, 15) is 4.79 Å². The average molecular weight is 197 g/mol. The van der Waals surface area contributed by atoms with Gasteiger partial charge in [0.25, 0.3) is 0 Å². The Labute approximate surface area is 76.1 Å². The molecule has 1 atom stereocenters. The van der Waals surface area contributed by atoms with Gasteiger partial charge < -0.3 is 4.74 Å². The molecule has 0 aromatic rings. The summed E-state index contributed by atoms with van der Waals surface area (Å²) in [5, 5.41) is -0.130. The molecule has 0 amide bonds. The van der Waals surface area contributed by atoms with Gasteiger partial charge in [-0.25, -0.2) is 4.79 Å². The zero-order valence-electron chi connectivity index (χ0n) is 6.06. The first-order valence-electron chi connectivity index (χ1n) is 3.20. The van der Waals surface area contributed by atoms with Crippen LogP contribution in [0, 0.1) is 0 Å². The fourth-order valence-electron chi connectivity index (χ4n) is 0.423. The van der Waals surface area contributed by atoms with E-state index < -0.39 is 5.97 Å². The van der Waals surface area contributed by atoms with Gasteiger partial charge in [-0.15, -0.1) is 23.2 Å². The van der Waals surface area contributed by atoms with Crippen LogP contribution in [0.1, 0.15) is 6.42 Å².